The normalized spacial score (nSPS) is 30.8. The van der Waals surface area contributed by atoms with Crippen LogP contribution in [0.2, 0.25) is 0 Å². The Balaban J connectivity index is 0.00000641. The number of amides is 2. The van der Waals surface area contributed by atoms with Crippen LogP contribution in [0.3, 0.4) is 0 Å². The van der Waals surface area contributed by atoms with Crippen LogP contribution in [0.5, 0.6) is 0 Å². The molecule has 19 nitrogen and oxygen atoms in total. The number of fused-ring (bicyclic) bond motifs is 5. The van der Waals surface area contributed by atoms with Gasteiger partial charge in [-0.1, -0.05) is 20.8 Å². The number of aliphatic hydroxyl groups excluding tert-OH is 2. The molecule has 1 radical (unpaired) electrons. The Morgan fingerprint density at radius 2 is 1.20 bits per heavy atom. The number of carboxylic acids is 5. The maximum Gasteiger partial charge on any atom is 3.00 e. The molecule has 4 unspecified atom stereocenters. The number of aliphatic carboxylic acids is 5. The summed E-state index contributed by atoms with van der Waals surface area (Å²) in [6, 6.07) is -0.202. The largest absolute Gasteiger partial charge is 3.00 e. The van der Waals surface area contributed by atoms with Crippen LogP contribution in [0.1, 0.15) is 78.6 Å². The topological polar surface area (TPSA) is 295 Å². The molecule has 4 aliphatic rings. The van der Waals surface area contributed by atoms with E-state index in [4.69, 9.17) is 0 Å². The van der Waals surface area contributed by atoms with Gasteiger partial charge in [-0.15, -0.1) is 0 Å². The fourth-order valence-electron chi connectivity index (χ4n) is 11.6. The van der Waals surface area contributed by atoms with E-state index in [1.807, 2.05) is 0 Å². The van der Waals surface area contributed by atoms with Crippen molar-refractivity contribution >= 4 is 41.7 Å². The number of carboxylic acid groups (broad SMARTS) is 5. The smallest absolute Gasteiger partial charge is 0.481 e. The molecule has 0 aliphatic heterocycles. The molecule has 4 rings (SSSR count). The number of rotatable bonds is 23. The van der Waals surface area contributed by atoms with Gasteiger partial charge in [0, 0.05) is 38.6 Å². The summed E-state index contributed by atoms with van der Waals surface area (Å²) in [6.07, 6.45) is 4.52. The number of carbonyl (C=O) groups excluding carboxylic acids is 2. The van der Waals surface area contributed by atoms with Crippen molar-refractivity contribution in [2.75, 3.05) is 65.4 Å². The van der Waals surface area contributed by atoms with Gasteiger partial charge in [-0.25, -0.2) is 0 Å². The zero-order valence-corrected chi connectivity index (χ0v) is 40.1. The van der Waals surface area contributed by atoms with Crippen molar-refractivity contribution in [1.29, 1.82) is 0 Å². The van der Waals surface area contributed by atoms with Crippen LogP contribution < -0.4 is 40.2 Å². The fraction of sp³-hybridized carbons (Fsp3) is 0.825. The summed E-state index contributed by atoms with van der Waals surface area (Å²) in [5.74, 6) is -6.24. The molecule has 11 atom stereocenters. The fourth-order valence-corrected chi connectivity index (χ4v) is 11.6. The van der Waals surface area contributed by atoms with E-state index in [0.29, 0.717) is 32.1 Å². The first-order valence-electron chi connectivity index (χ1n) is 20.8. The van der Waals surface area contributed by atoms with Gasteiger partial charge in [0.2, 0.25) is 11.8 Å². The first kappa shape index (κ1) is 55.5. The minimum Gasteiger partial charge on any atom is -0.481 e. The number of hydrogen-bond acceptors (Lipinski definition) is 12. The molecule has 9 N–H and O–H groups in total. The van der Waals surface area contributed by atoms with Gasteiger partial charge in [0.1, 0.15) is 0 Å². The van der Waals surface area contributed by atoms with E-state index < -0.39 is 85.5 Å². The number of nitrogens with zero attached hydrogens (tertiary/aromatic N) is 3. The molecule has 0 aromatic rings. The molecule has 0 heterocycles. The summed E-state index contributed by atoms with van der Waals surface area (Å²) in [5.41, 5.74) is -0.564. The quantitative estimate of drug-likeness (QED) is 0.0459. The molecule has 339 valence electrons. The Morgan fingerprint density at radius 3 is 1.70 bits per heavy atom. The summed E-state index contributed by atoms with van der Waals surface area (Å²) in [4.78, 5) is 86.5. The van der Waals surface area contributed by atoms with E-state index in [0.717, 1.165) is 29.1 Å². The summed E-state index contributed by atoms with van der Waals surface area (Å²) in [6.45, 7) is 3.25. The Bertz CT molecular complexity index is 1490. The van der Waals surface area contributed by atoms with E-state index >= 15 is 0 Å². The SMILES string of the molecule is CC(CCC(=O)O)[C@H]1CCC2C3C(C[C@H](O)[C@@]21C)[C@@]1(C)CC[C@H](NC(=O)CNC(=O)CN(CCN(CC(=O)O)CC(=O)O)CCN(CC(=O)O)CC(=O)O)C[C@H]1C[C@H]3O.[Gd+3].[Na+]. The molecule has 0 aromatic heterocycles. The Hall–Kier alpha value is -1.59. The van der Waals surface area contributed by atoms with Gasteiger partial charge >= 0.3 is 99.3 Å². The number of carbonyl (C=O) groups is 7. The Labute approximate surface area is 411 Å². The standard InChI is InChI=1S/C40H65N5O14.Gd.Na/c1-23(4-7-33(50)51)26-5-6-27-38-28(16-30(47)40(26,27)3)39(2)9-8-25(14-24(39)15-29(38)46)42-31(48)17-41-32(49)18-43(10-12-44(19-34(52)53)20-35(54)55)11-13-45(21-36(56)57)22-37(58)59;;/h23-30,38,46-47H,4-22H2,1-3H3,(H,41,49)(H,42,48)(H,50,51)(H,52,53)(H,54,55)(H,56,57)(H,58,59);;/q;+3;+1/t23?,24-,25-,26+,27?,28?,29+,30-,38?,39-,40+;;/m0../s1. The molecule has 0 spiro atoms. The third-order valence-corrected chi connectivity index (χ3v) is 14.4. The predicted molar refractivity (Wildman–Crippen MR) is 209 cm³/mol. The second-order valence-corrected chi connectivity index (χ2v) is 18.1. The van der Waals surface area contributed by atoms with Crippen LogP contribution >= 0.6 is 0 Å². The number of hydrogen-bond donors (Lipinski definition) is 9. The molecule has 4 saturated carbocycles. The molecule has 4 fully saturated rings. The van der Waals surface area contributed by atoms with Gasteiger partial charge in [0.05, 0.1) is 51.5 Å². The van der Waals surface area contributed by atoms with E-state index in [2.05, 4.69) is 31.4 Å². The van der Waals surface area contributed by atoms with Crippen molar-refractivity contribution in [3.8, 4) is 0 Å². The van der Waals surface area contributed by atoms with Crippen molar-refractivity contribution < 1.29 is 139 Å². The van der Waals surface area contributed by atoms with Crippen molar-refractivity contribution in [1.82, 2.24) is 25.3 Å². The summed E-state index contributed by atoms with van der Waals surface area (Å²) in [5, 5.41) is 75.4. The van der Waals surface area contributed by atoms with Crippen LogP contribution in [-0.2, 0) is 33.6 Å². The maximum atomic E-state index is 13.2. The monoisotopic (exact) mass is 1020 g/mol. The van der Waals surface area contributed by atoms with E-state index in [1.54, 1.807) is 0 Å². The molecular weight excluding hydrogens is 955 g/mol. The summed E-state index contributed by atoms with van der Waals surface area (Å²) < 4.78 is 0. The molecule has 61 heavy (non-hydrogen) atoms. The van der Waals surface area contributed by atoms with Crippen molar-refractivity contribution in [2.45, 2.75) is 96.8 Å². The van der Waals surface area contributed by atoms with Crippen LogP contribution in [-0.4, -0.2) is 176 Å². The van der Waals surface area contributed by atoms with Crippen LogP contribution in [0, 0.1) is 86.3 Å². The minimum atomic E-state index is -1.26. The maximum absolute atomic E-state index is 13.2. The van der Waals surface area contributed by atoms with Crippen LogP contribution in [0.25, 0.3) is 0 Å². The average Bonchev–Trinajstić information content (AvgIpc) is 3.49. The third kappa shape index (κ3) is 15.0. The van der Waals surface area contributed by atoms with Gasteiger partial charge in [-0.2, -0.15) is 0 Å². The predicted octanol–water partition coefficient (Wildman–Crippen LogP) is -3.06. The molecule has 0 saturated heterocycles. The van der Waals surface area contributed by atoms with Crippen LogP contribution in [0.15, 0.2) is 0 Å². The molecule has 0 aromatic carbocycles. The Morgan fingerprint density at radius 1 is 0.672 bits per heavy atom. The van der Waals surface area contributed by atoms with Crippen molar-refractivity contribution in [3.63, 3.8) is 0 Å². The Kier molecular flexibility index (Phi) is 22.4. The van der Waals surface area contributed by atoms with Crippen molar-refractivity contribution in [2.24, 2.45) is 46.3 Å². The third-order valence-electron chi connectivity index (χ3n) is 14.4. The molecular formula is C40H65GdN5NaO14+4. The van der Waals surface area contributed by atoms with E-state index in [9.17, 15) is 69.3 Å². The molecule has 21 heteroatoms. The van der Waals surface area contributed by atoms with Crippen LogP contribution in [0.4, 0.5) is 0 Å². The summed E-state index contributed by atoms with van der Waals surface area (Å²) in [7, 11) is 0. The summed E-state index contributed by atoms with van der Waals surface area (Å²) >= 11 is 0. The first-order chi connectivity index (χ1) is 27.6. The second-order valence-electron chi connectivity index (χ2n) is 18.1. The van der Waals surface area contributed by atoms with E-state index in [1.165, 1.54) is 4.90 Å². The van der Waals surface area contributed by atoms with Gasteiger partial charge in [0.15, 0.2) is 0 Å². The van der Waals surface area contributed by atoms with E-state index in [-0.39, 0.29) is 162 Å². The van der Waals surface area contributed by atoms with Crippen molar-refractivity contribution in [3.05, 3.63) is 0 Å². The average molecular weight is 1020 g/mol. The number of aliphatic hydroxyl groups is 2. The second kappa shape index (κ2) is 24.6. The number of nitrogens with one attached hydrogen (secondary N) is 2. The molecule has 4 aliphatic carbocycles. The van der Waals surface area contributed by atoms with Gasteiger partial charge in [0.25, 0.3) is 0 Å². The van der Waals surface area contributed by atoms with Gasteiger partial charge in [-0.3, -0.25) is 48.3 Å². The molecule has 0 bridgehead atoms. The van der Waals surface area contributed by atoms with Gasteiger partial charge in [-0.05, 0) is 97.7 Å². The molecule has 2 amide bonds. The first-order valence-corrected chi connectivity index (χ1v) is 20.8. The van der Waals surface area contributed by atoms with Gasteiger partial charge < -0.3 is 46.4 Å². The minimum absolute atomic E-state index is 0. The zero-order valence-electron chi connectivity index (χ0n) is 35.8. The zero-order chi connectivity index (χ0) is 43.8.